The maximum atomic E-state index is 12.5. The summed E-state index contributed by atoms with van der Waals surface area (Å²) in [4.78, 5) is 23.2. The molecular weight excluding hydrogens is 446 g/mol. The highest BCUT2D eigenvalue weighted by atomic mass is 32.2. The molecule has 3 aromatic rings. The molecule has 0 atom stereocenters. The minimum Gasteiger partial charge on any atom is -0.484 e. The number of benzene rings is 1. The van der Waals surface area contributed by atoms with Gasteiger partial charge in [-0.3, -0.25) is 4.79 Å². The number of carbonyl (C=O) groups is 1. The van der Waals surface area contributed by atoms with Crippen molar-refractivity contribution in [3.05, 3.63) is 24.0 Å². The number of rotatable bonds is 8. The lowest BCUT2D eigenvalue weighted by atomic mass is 10.1. The van der Waals surface area contributed by atoms with E-state index in [0.29, 0.717) is 35.8 Å². The first-order valence-electron chi connectivity index (χ1n) is 11.1. The second-order valence-electron chi connectivity index (χ2n) is 8.01. The van der Waals surface area contributed by atoms with E-state index in [-0.39, 0.29) is 37.1 Å². The average molecular weight is 476 g/mol. The number of anilines is 1. The van der Waals surface area contributed by atoms with Gasteiger partial charge in [0.15, 0.2) is 22.3 Å². The van der Waals surface area contributed by atoms with E-state index in [1.54, 1.807) is 6.07 Å². The van der Waals surface area contributed by atoms with Gasteiger partial charge in [-0.25, -0.2) is 18.4 Å². The summed E-state index contributed by atoms with van der Waals surface area (Å²) in [6, 6.07) is 5.40. The molecule has 33 heavy (non-hydrogen) atoms. The monoisotopic (exact) mass is 475 g/mol. The van der Waals surface area contributed by atoms with E-state index >= 15 is 0 Å². The third-order valence-electron chi connectivity index (χ3n) is 5.70. The third-order valence-corrected chi connectivity index (χ3v) is 7.30. The number of hydrogen-bond donors (Lipinski definition) is 1. The fraction of sp³-hybridized carbons (Fsp3) is 0.500. The molecule has 2 aromatic heterocycles. The standard InChI is InChI=1S/C22H29N5O5S/c1-3-7-27-18(13-31-4-2)25-20-21(27)16-12-15(5-6-17(16)24-22(20)23)32-14-19(28)26-8-10-33(29,30)11-9-26/h5-6,12H,3-4,7-11,13-14H2,1-2H3,(H2,23,24). The largest absolute Gasteiger partial charge is 0.484 e. The number of pyridine rings is 1. The molecule has 1 aromatic carbocycles. The van der Waals surface area contributed by atoms with Crippen LogP contribution in [0.1, 0.15) is 26.1 Å². The first-order chi connectivity index (χ1) is 15.8. The van der Waals surface area contributed by atoms with Gasteiger partial charge in [-0.1, -0.05) is 6.92 Å². The van der Waals surface area contributed by atoms with Crippen molar-refractivity contribution in [1.29, 1.82) is 0 Å². The van der Waals surface area contributed by atoms with E-state index in [4.69, 9.17) is 20.2 Å². The van der Waals surface area contributed by atoms with E-state index < -0.39 is 9.84 Å². The van der Waals surface area contributed by atoms with Crippen molar-refractivity contribution in [3.63, 3.8) is 0 Å². The van der Waals surface area contributed by atoms with Crippen molar-refractivity contribution >= 4 is 43.5 Å². The number of nitrogen functional groups attached to an aromatic ring is 1. The van der Waals surface area contributed by atoms with E-state index in [1.165, 1.54) is 4.90 Å². The molecule has 1 fully saturated rings. The second kappa shape index (κ2) is 9.52. The van der Waals surface area contributed by atoms with Gasteiger partial charge in [-0.15, -0.1) is 0 Å². The topological polar surface area (TPSA) is 130 Å². The van der Waals surface area contributed by atoms with Crippen LogP contribution in [0.2, 0.25) is 0 Å². The lowest BCUT2D eigenvalue weighted by molar-refractivity contribution is -0.133. The summed E-state index contributed by atoms with van der Waals surface area (Å²) >= 11 is 0. The molecule has 11 heteroatoms. The van der Waals surface area contributed by atoms with Gasteiger partial charge in [-0.2, -0.15) is 0 Å². The predicted molar refractivity (Wildman–Crippen MR) is 126 cm³/mol. The Labute approximate surface area is 192 Å². The molecule has 4 rings (SSSR count). The zero-order valence-electron chi connectivity index (χ0n) is 18.9. The Kier molecular flexibility index (Phi) is 6.71. The fourth-order valence-electron chi connectivity index (χ4n) is 3.99. The highest BCUT2D eigenvalue weighted by molar-refractivity contribution is 7.91. The summed E-state index contributed by atoms with van der Waals surface area (Å²) in [5, 5.41) is 0.830. The lowest BCUT2D eigenvalue weighted by Gasteiger charge is -2.26. The Morgan fingerprint density at radius 1 is 1.18 bits per heavy atom. The maximum Gasteiger partial charge on any atom is 0.260 e. The Morgan fingerprint density at radius 3 is 2.64 bits per heavy atom. The van der Waals surface area contributed by atoms with Gasteiger partial charge >= 0.3 is 0 Å². The van der Waals surface area contributed by atoms with Crippen LogP contribution >= 0.6 is 0 Å². The number of imidazole rings is 1. The van der Waals surface area contributed by atoms with Gasteiger partial charge in [-0.05, 0) is 31.5 Å². The molecule has 1 aliphatic rings. The number of amides is 1. The number of aromatic nitrogens is 3. The van der Waals surface area contributed by atoms with Crippen LogP contribution in [0, 0.1) is 0 Å². The Morgan fingerprint density at radius 2 is 1.94 bits per heavy atom. The number of hydrogen-bond acceptors (Lipinski definition) is 8. The first-order valence-corrected chi connectivity index (χ1v) is 12.9. The Balaban J connectivity index is 1.63. The van der Waals surface area contributed by atoms with Crippen LogP contribution < -0.4 is 10.5 Å². The minimum absolute atomic E-state index is 0.00865. The zero-order valence-corrected chi connectivity index (χ0v) is 19.7. The number of nitrogens with zero attached hydrogens (tertiary/aromatic N) is 4. The number of fused-ring (bicyclic) bond motifs is 3. The van der Waals surface area contributed by atoms with Gasteiger partial charge in [0.25, 0.3) is 5.91 Å². The molecule has 0 saturated carbocycles. The summed E-state index contributed by atoms with van der Waals surface area (Å²) in [6.07, 6.45) is 0.907. The van der Waals surface area contributed by atoms with Crippen molar-refractivity contribution in [3.8, 4) is 5.75 Å². The van der Waals surface area contributed by atoms with Crippen molar-refractivity contribution in [2.24, 2.45) is 0 Å². The number of sulfone groups is 1. The van der Waals surface area contributed by atoms with Crippen LogP contribution in [0.4, 0.5) is 5.82 Å². The first kappa shape index (κ1) is 23.2. The smallest absolute Gasteiger partial charge is 0.260 e. The van der Waals surface area contributed by atoms with Gasteiger partial charge in [0, 0.05) is 31.6 Å². The second-order valence-corrected chi connectivity index (χ2v) is 10.3. The molecule has 0 spiro atoms. The summed E-state index contributed by atoms with van der Waals surface area (Å²) in [5.41, 5.74) is 8.41. The van der Waals surface area contributed by atoms with Crippen molar-refractivity contribution in [2.45, 2.75) is 33.4 Å². The van der Waals surface area contributed by atoms with Crippen LogP contribution in [0.3, 0.4) is 0 Å². The molecule has 3 heterocycles. The normalized spacial score (nSPS) is 15.9. The molecule has 2 N–H and O–H groups in total. The predicted octanol–water partition coefficient (Wildman–Crippen LogP) is 1.75. The van der Waals surface area contributed by atoms with Crippen molar-refractivity contribution < 1.29 is 22.7 Å². The molecule has 178 valence electrons. The number of carbonyl (C=O) groups excluding carboxylic acids is 1. The number of nitrogens with two attached hydrogens (primary N) is 1. The summed E-state index contributed by atoms with van der Waals surface area (Å²) in [7, 11) is -3.05. The highest BCUT2D eigenvalue weighted by Crippen LogP contribution is 2.31. The molecule has 10 nitrogen and oxygen atoms in total. The molecule has 0 bridgehead atoms. The Bertz CT molecular complexity index is 1270. The fourth-order valence-corrected chi connectivity index (χ4v) is 5.19. The van der Waals surface area contributed by atoms with Crippen molar-refractivity contribution in [2.75, 3.05) is 43.5 Å². The number of ether oxygens (including phenoxy) is 2. The van der Waals surface area contributed by atoms with E-state index in [1.807, 2.05) is 19.1 Å². The molecule has 0 radical (unpaired) electrons. The minimum atomic E-state index is -3.05. The van der Waals surface area contributed by atoms with E-state index in [2.05, 4.69) is 16.5 Å². The van der Waals surface area contributed by atoms with E-state index in [0.717, 1.165) is 29.7 Å². The molecule has 1 amide bonds. The summed E-state index contributed by atoms with van der Waals surface area (Å²) in [5.74, 6) is 1.41. The molecule has 1 saturated heterocycles. The molecule has 1 aliphatic heterocycles. The van der Waals surface area contributed by atoms with Crippen LogP contribution in [-0.2, 0) is 32.5 Å². The van der Waals surface area contributed by atoms with Crippen LogP contribution in [0.15, 0.2) is 18.2 Å². The van der Waals surface area contributed by atoms with Crippen LogP contribution in [0.5, 0.6) is 5.75 Å². The average Bonchev–Trinajstić information content (AvgIpc) is 3.15. The molecular formula is C22H29N5O5S. The van der Waals surface area contributed by atoms with E-state index in [9.17, 15) is 13.2 Å². The summed E-state index contributed by atoms with van der Waals surface area (Å²) in [6.45, 7) is 5.97. The Hall–Kier alpha value is -2.92. The lowest BCUT2D eigenvalue weighted by Crippen LogP contribution is -2.45. The van der Waals surface area contributed by atoms with Crippen LogP contribution in [-0.4, -0.2) is 71.6 Å². The zero-order chi connectivity index (χ0) is 23.6. The van der Waals surface area contributed by atoms with Gasteiger partial charge in [0.1, 0.15) is 23.7 Å². The van der Waals surface area contributed by atoms with Gasteiger partial charge in [0.05, 0.1) is 22.5 Å². The molecule has 0 unspecified atom stereocenters. The van der Waals surface area contributed by atoms with Crippen molar-refractivity contribution in [1.82, 2.24) is 19.4 Å². The van der Waals surface area contributed by atoms with Crippen LogP contribution in [0.25, 0.3) is 21.9 Å². The number of aryl methyl sites for hydroxylation is 1. The summed E-state index contributed by atoms with van der Waals surface area (Å²) < 4.78 is 36.7. The molecule has 0 aliphatic carbocycles. The van der Waals surface area contributed by atoms with Gasteiger partial charge < -0.3 is 24.7 Å². The highest BCUT2D eigenvalue weighted by Gasteiger charge is 2.25. The quantitative estimate of drug-likeness (QED) is 0.522. The SMILES string of the molecule is CCCn1c(COCC)nc2c(N)nc3ccc(OCC(=O)N4CCS(=O)(=O)CC4)cc3c21. The maximum absolute atomic E-state index is 12.5. The van der Waals surface area contributed by atoms with Gasteiger partial charge in [0.2, 0.25) is 0 Å². The third kappa shape index (κ3) is 4.88.